The molecule has 1 saturated heterocycles. The molecule has 0 saturated carbocycles. The van der Waals surface area contributed by atoms with Gasteiger partial charge in [-0.3, -0.25) is 14.4 Å². The van der Waals surface area contributed by atoms with Crippen LogP contribution in [0.4, 0.5) is 0 Å². The summed E-state index contributed by atoms with van der Waals surface area (Å²) < 4.78 is 17.2. The summed E-state index contributed by atoms with van der Waals surface area (Å²) in [6, 6.07) is 0. The summed E-state index contributed by atoms with van der Waals surface area (Å²) in [6.45, 7) is 12.5. The Labute approximate surface area is 361 Å². The first-order chi connectivity index (χ1) is 27.8. The normalized spacial score (nSPS) is 14.4. The molecule has 0 aromatic carbocycles. The molecule has 344 valence electrons. The highest BCUT2D eigenvalue weighted by atomic mass is 16.5. The number of rotatable bonds is 41. The van der Waals surface area contributed by atoms with Gasteiger partial charge in [0.15, 0.2) is 0 Å². The number of unbranched alkanes of at least 4 members (excludes halogenated alkanes) is 16. The standard InChI is InChI=1S/C50H95NO6.CH4/c1-6-10-20-28-44(29-21-11-7-2)37-40-55-48(52)34-26-18-14-16-24-32-46(43-57-50(54)47-36-39-51(5)42-47)33-25-17-15-19-27-35-49(53)56-41-38-45(30-22-12-8-3)31-23-13-9-4;/h44-47H,6-43H2,1-5H3;1H4. The second kappa shape index (κ2) is 40.8. The van der Waals surface area contributed by atoms with Crippen molar-refractivity contribution >= 4 is 17.9 Å². The number of hydrogen-bond acceptors (Lipinski definition) is 7. The molecule has 1 heterocycles. The van der Waals surface area contributed by atoms with E-state index in [4.69, 9.17) is 14.2 Å². The Morgan fingerprint density at radius 2 is 0.845 bits per heavy atom. The average molecular weight is 822 g/mol. The van der Waals surface area contributed by atoms with Crippen LogP contribution in [-0.4, -0.2) is 62.8 Å². The molecule has 1 aliphatic heterocycles. The minimum absolute atomic E-state index is 0. The topological polar surface area (TPSA) is 82.1 Å². The molecular weight excluding hydrogens is 723 g/mol. The Hall–Kier alpha value is -1.63. The summed E-state index contributed by atoms with van der Waals surface area (Å²) in [4.78, 5) is 39.8. The van der Waals surface area contributed by atoms with Crippen LogP contribution in [0.15, 0.2) is 0 Å². The van der Waals surface area contributed by atoms with Crippen molar-refractivity contribution in [2.45, 2.75) is 247 Å². The molecule has 7 heteroatoms. The molecule has 1 aliphatic rings. The lowest BCUT2D eigenvalue weighted by Gasteiger charge is -2.19. The fourth-order valence-electron chi connectivity index (χ4n) is 8.64. The highest BCUT2D eigenvalue weighted by molar-refractivity contribution is 5.73. The molecule has 0 aliphatic carbocycles. The average Bonchev–Trinajstić information content (AvgIpc) is 3.64. The zero-order valence-electron chi connectivity index (χ0n) is 38.6. The van der Waals surface area contributed by atoms with Crippen LogP contribution >= 0.6 is 0 Å². The van der Waals surface area contributed by atoms with E-state index in [1.165, 1.54) is 103 Å². The van der Waals surface area contributed by atoms with Crippen molar-refractivity contribution in [2.24, 2.45) is 23.7 Å². The smallest absolute Gasteiger partial charge is 0.310 e. The maximum atomic E-state index is 12.8. The van der Waals surface area contributed by atoms with Crippen LogP contribution in [0.3, 0.4) is 0 Å². The van der Waals surface area contributed by atoms with Gasteiger partial charge in [0, 0.05) is 19.4 Å². The van der Waals surface area contributed by atoms with E-state index < -0.39 is 0 Å². The van der Waals surface area contributed by atoms with Crippen molar-refractivity contribution in [3.8, 4) is 0 Å². The van der Waals surface area contributed by atoms with E-state index in [2.05, 4.69) is 39.6 Å². The van der Waals surface area contributed by atoms with Gasteiger partial charge in [-0.2, -0.15) is 0 Å². The first-order valence-electron chi connectivity index (χ1n) is 25.0. The third-order valence-electron chi connectivity index (χ3n) is 12.6. The molecule has 58 heavy (non-hydrogen) atoms. The third kappa shape index (κ3) is 33.1. The maximum absolute atomic E-state index is 12.8. The lowest BCUT2D eigenvalue weighted by atomic mass is 9.92. The molecule has 0 bridgehead atoms. The van der Waals surface area contributed by atoms with Gasteiger partial charge in [0.2, 0.25) is 0 Å². The van der Waals surface area contributed by atoms with Gasteiger partial charge in [-0.15, -0.1) is 0 Å². The Kier molecular flexibility index (Phi) is 39.6. The Morgan fingerprint density at radius 1 is 0.483 bits per heavy atom. The van der Waals surface area contributed by atoms with E-state index in [1.807, 2.05) is 0 Å². The summed E-state index contributed by atoms with van der Waals surface area (Å²) in [6.07, 6.45) is 37.5. The van der Waals surface area contributed by atoms with Crippen molar-refractivity contribution in [3.05, 3.63) is 0 Å². The van der Waals surface area contributed by atoms with E-state index in [0.717, 1.165) is 109 Å². The SMILES string of the molecule is C.CCCCCC(CCCCC)CCOC(=O)CCCCCCCC(CCCCCCCC(=O)OCCC(CCCCC)CCCCC)COC(=O)C1CCN(C)C1. The fraction of sp³-hybridized carbons (Fsp3) is 0.941. The van der Waals surface area contributed by atoms with E-state index >= 15 is 0 Å². The number of nitrogens with zero attached hydrogens (tertiary/aromatic N) is 1. The van der Waals surface area contributed by atoms with Gasteiger partial charge in [-0.05, 0) is 76.3 Å². The van der Waals surface area contributed by atoms with Gasteiger partial charge in [-0.25, -0.2) is 0 Å². The predicted molar refractivity (Wildman–Crippen MR) is 246 cm³/mol. The molecule has 0 N–H and O–H groups in total. The molecule has 1 unspecified atom stereocenters. The largest absolute Gasteiger partial charge is 0.466 e. The summed E-state index contributed by atoms with van der Waals surface area (Å²) in [7, 11) is 2.07. The van der Waals surface area contributed by atoms with Crippen molar-refractivity contribution < 1.29 is 28.6 Å². The van der Waals surface area contributed by atoms with Crippen LogP contribution < -0.4 is 0 Å². The van der Waals surface area contributed by atoms with Gasteiger partial charge in [0.05, 0.1) is 25.7 Å². The first kappa shape index (κ1) is 56.4. The highest BCUT2D eigenvalue weighted by Crippen LogP contribution is 2.24. The molecule has 0 amide bonds. The zero-order chi connectivity index (χ0) is 41.6. The van der Waals surface area contributed by atoms with Crippen LogP contribution in [0.5, 0.6) is 0 Å². The lowest BCUT2D eigenvalue weighted by Crippen LogP contribution is -2.24. The molecule has 0 spiro atoms. The van der Waals surface area contributed by atoms with Gasteiger partial charge >= 0.3 is 17.9 Å². The van der Waals surface area contributed by atoms with Gasteiger partial charge in [0.1, 0.15) is 0 Å². The predicted octanol–water partition coefficient (Wildman–Crippen LogP) is 14.6. The lowest BCUT2D eigenvalue weighted by molar-refractivity contribution is -0.149. The van der Waals surface area contributed by atoms with Crippen molar-refractivity contribution in [1.29, 1.82) is 0 Å². The van der Waals surface area contributed by atoms with Crippen molar-refractivity contribution in [3.63, 3.8) is 0 Å². The van der Waals surface area contributed by atoms with E-state index in [0.29, 0.717) is 50.4 Å². The quantitative estimate of drug-likeness (QED) is 0.0345. The van der Waals surface area contributed by atoms with Gasteiger partial charge in [0.25, 0.3) is 0 Å². The third-order valence-corrected chi connectivity index (χ3v) is 12.6. The zero-order valence-corrected chi connectivity index (χ0v) is 38.6. The molecule has 1 fully saturated rings. The minimum Gasteiger partial charge on any atom is -0.466 e. The molecular formula is C51H99NO6. The molecule has 1 rings (SSSR count). The fourth-order valence-corrected chi connectivity index (χ4v) is 8.64. The van der Waals surface area contributed by atoms with Crippen LogP contribution in [-0.2, 0) is 28.6 Å². The number of carbonyl (C=O) groups is 3. The van der Waals surface area contributed by atoms with E-state index in [1.54, 1.807) is 0 Å². The van der Waals surface area contributed by atoms with Crippen molar-refractivity contribution in [2.75, 3.05) is 40.0 Å². The van der Waals surface area contributed by atoms with E-state index in [9.17, 15) is 14.4 Å². The first-order valence-corrected chi connectivity index (χ1v) is 25.0. The second-order valence-corrected chi connectivity index (χ2v) is 18.1. The van der Waals surface area contributed by atoms with Gasteiger partial charge in [-0.1, -0.05) is 189 Å². The van der Waals surface area contributed by atoms with Gasteiger partial charge < -0.3 is 19.1 Å². The number of ether oxygens (including phenoxy) is 3. The summed E-state index contributed by atoms with van der Waals surface area (Å²) in [5.41, 5.74) is 0. The summed E-state index contributed by atoms with van der Waals surface area (Å²) in [5.74, 6) is 1.74. The Morgan fingerprint density at radius 3 is 1.22 bits per heavy atom. The Balaban J connectivity index is 0.0000325. The highest BCUT2D eigenvalue weighted by Gasteiger charge is 2.28. The molecule has 0 aromatic rings. The van der Waals surface area contributed by atoms with Crippen LogP contribution in [0.2, 0.25) is 0 Å². The minimum atomic E-state index is -0.0270. The second-order valence-electron chi connectivity index (χ2n) is 18.1. The number of likely N-dealkylation sites (tertiary alicyclic amines) is 1. The Bertz CT molecular complexity index is 866. The number of hydrogen-bond donors (Lipinski definition) is 0. The van der Waals surface area contributed by atoms with Crippen LogP contribution in [0, 0.1) is 23.7 Å². The maximum Gasteiger partial charge on any atom is 0.310 e. The van der Waals surface area contributed by atoms with Crippen LogP contribution in [0.1, 0.15) is 247 Å². The van der Waals surface area contributed by atoms with Crippen LogP contribution in [0.25, 0.3) is 0 Å². The summed E-state index contributed by atoms with van der Waals surface area (Å²) in [5, 5.41) is 0. The molecule has 1 atom stereocenters. The number of esters is 3. The molecule has 0 aromatic heterocycles. The molecule has 0 radical (unpaired) electrons. The number of carbonyl (C=O) groups excluding carboxylic acids is 3. The molecule has 7 nitrogen and oxygen atoms in total. The van der Waals surface area contributed by atoms with E-state index in [-0.39, 0.29) is 31.3 Å². The van der Waals surface area contributed by atoms with Crippen molar-refractivity contribution in [1.82, 2.24) is 4.90 Å². The summed E-state index contributed by atoms with van der Waals surface area (Å²) >= 11 is 0. The monoisotopic (exact) mass is 822 g/mol.